The summed E-state index contributed by atoms with van der Waals surface area (Å²) in [6, 6.07) is 10.9. The third-order valence-corrected chi connectivity index (χ3v) is 5.74. The summed E-state index contributed by atoms with van der Waals surface area (Å²) in [4.78, 5) is 23.2. The second-order valence-electron chi connectivity index (χ2n) is 6.63. The number of carbonyl (C=O) groups excluding carboxylic acids is 1. The van der Waals surface area contributed by atoms with E-state index in [1.54, 1.807) is 26.1 Å². The Bertz CT molecular complexity index is 1190. The molecule has 3 N–H and O–H groups in total. The van der Waals surface area contributed by atoms with Crippen molar-refractivity contribution in [1.82, 2.24) is 15.2 Å². The maximum atomic E-state index is 12.3. The number of alkyl halides is 1. The van der Waals surface area contributed by atoms with Gasteiger partial charge in [-0.1, -0.05) is 40.3 Å². The zero-order chi connectivity index (χ0) is 22.7. The van der Waals surface area contributed by atoms with Gasteiger partial charge in [0.15, 0.2) is 11.4 Å². The number of hydrogen-bond acceptors (Lipinski definition) is 5. The van der Waals surface area contributed by atoms with E-state index in [1.165, 1.54) is 28.9 Å². The molecule has 0 bridgehead atoms. The van der Waals surface area contributed by atoms with Crippen molar-refractivity contribution in [3.63, 3.8) is 0 Å². The summed E-state index contributed by atoms with van der Waals surface area (Å²) in [5, 5.41) is 28.7. The normalized spacial score (nSPS) is 11.4. The number of aromatic hydroxyl groups is 1. The Labute approximate surface area is 196 Å². The third kappa shape index (κ3) is 4.88. The number of rotatable bonds is 6. The number of nitrogens with one attached hydrogen (secondary N) is 1. The molecule has 0 aliphatic rings. The number of carboxylic acid groups (broad SMARTS) is 1. The first-order valence-electron chi connectivity index (χ1n) is 9.02. The number of halogens is 2. The predicted octanol–water partition coefficient (Wildman–Crippen LogP) is 4.23. The SMILES string of the molecule is C/C(=N\NC(=O)c1ccc(C(=O)O)cc1)c1nn(C)c(-c2ccc(Cl)c(CI)c2)c1O. The van der Waals surface area contributed by atoms with Crippen LogP contribution in [0.2, 0.25) is 5.02 Å². The number of carbonyl (C=O) groups is 2. The smallest absolute Gasteiger partial charge is 0.335 e. The first-order chi connectivity index (χ1) is 14.7. The van der Waals surface area contributed by atoms with E-state index in [0.29, 0.717) is 16.4 Å². The first kappa shape index (κ1) is 22.8. The van der Waals surface area contributed by atoms with Crippen molar-refractivity contribution in [2.75, 3.05) is 0 Å². The minimum Gasteiger partial charge on any atom is -0.504 e. The molecule has 0 unspecified atom stereocenters. The van der Waals surface area contributed by atoms with Crippen molar-refractivity contribution in [3.05, 3.63) is 69.9 Å². The van der Waals surface area contributed by atoms with Gasteiger partial charge in [-0.05, 0) is 48.9 Å². The van der Waals surface area contributed by atoms with E-state index in [4.69, 9.17) is 16.7 Å². The minimum absolute atomic E-state index is 0.0643. The van der Waals surface area contributed by atoms with Gasteiger partial charge in [0.1, 0.15) is 5.69 Å². The van der Waals surface area contributed by atoms with Crippen LogP contribution in [0.25, 0.3) is 11.3 Å². The number of amides is 1. The Kier molecular flexibility index (Phi) is 6.96. The summed E-state index contributed by atoms with van der Waals surface area (Å²) in [6.45, 7) is 1.61. The lowest BCUT2D eigenvalue weighted by Crippen LogP contribution is -2.19. The molecule has 0 fully saturated rings. The van der Waals surface area contributed by atoms with Crippen LogP contribution in [0.5, 0.6) is 5.75 Å². The molecule has 3 rings (SSSR count). The maximum Gasteiger partial charge on any atom is 0.335 e. The lowest BCUT2D eigenvalue weighted by Gasteiger charge is -2.06. The largest absolute Gasteiger partial charge is 0.504 e. The molecule has 160 valence electrons. The molecule has 1 aromatic heterocycles. The van der Waals surface area contributed by atoms with Crippen LogP contribution in [-0.2, 0) is 11.5 Å². The number of hydrogen-bond donors (Lipinski definition) is 3. The van der Waals surface area contributed by atoms with E-state index in [2.05, 4.69) is 38.2 Å². The van der Waals surface area contributed by atoms with Gasteiger partial charge in [0.05, 0.1) is 11.3 Å². The van der Waals surface area contributed by atoms with Gasteiger partial charge in [0.25, 0.3) is 5.91 Å². The van der Waals surface area contributed by atoms with Crippen molar-refractivity contribution in [2.45, 2.75) is 11.4 Å². The molecule has 2 aromatic carbocycles. The van der Waals surface area contributed by atoms with Crippen molar-refractivity contribution in [3.8, 4) is 17.0 Å². The highest BCUT2D eigenvalue weighted by molar-refractivity contribution is 14.1. The molecular weight excluding hydrogens is 535 g/mol. The molecule has 0 spiro atoms. The summed E-state index contributed by atoms with van der Waals surface area (Å²) in [6.07, 6.45) is 0. The molecule has 0 radical (unpaired) electrons. The minimum atomic E-state index is -1.08. The van der Waals surface area contributed by atoms with Gasteiger partial charge in [0.2, 0.25) is 0 Å². The average Bonchev–Trinajstić information content (AvgIpc) is 3.06. The van der Waals surface area contributed by atoms with Gasteiger partial charge < -0.3 is 10.2 Å². The maximum absolute atomic E-state index is 12.3. The van der Waals surface area contributed by atoms with Gasteiger partial charge in [0, 0.05) is 27.6 Å². The van der Waals surface area contributed by atoms with Crippen LogP contribution in [-0.4, -0.2) is 37.6 Å². The topological polar surface area (TPSA) is 117 Å². The quantitative estimate of drug-likeness (QED) is 0.183. The summed E-state index contributed by atoms with van der Waals surface area (Å²) in [5.41, 5.74) is 5.45. The molecule has 0 aliphatic carbocycles. The van der Waals surface area contributed by atoms with Crippen LogP contribution in [0.3, 0.4) is 0 Å². The van der Waals surface area contributed by atoms with Gasteiger partial charge in [-0.2, -0.15) is 10.2 Å². The van der Waals surface area contributed by atoms with E-state index in [1.807, 2.05) is 6.07 Å². The van der Waals surface area contributed by atoms with Gasteiger partial charge in [-0.25, -0.2) is 10.2 Å². The fourth-order valence-electron chi connectivity index (χ4n) is 2.92. The van der Waals surface area contributed by atoms with Crippen LogP contribution in [0, 0.1) is 0 Å². The Balaban J connectivity index is 1.84. The summed E-state index contributed by atoms with van der Waals surface area (Å²) < 4.78 is 2.26. The Morgan fingerprint density at radius 3 is 2.45 bits per heavy atom. The highest BCUT2D eigenvalue weighted by Gasteiger charge is 2.20. The second-order valence-corrected chi connectivity index (χ2v) is 7.80. The molecule has 0 aliphatic heterocycles. The van der Waals surface area contributed by atoms with Crippen molar-refractivity contribution in [1.29, 1.82) is 0 Å². The number of aromatic carboxylic acids is 1. The van der Waals surface area contributed by atoms with E-state index in [0.717, 1.165) is 15.6 Å². The van der Waals surface area contributed by atoms with Crippen LogP contribution in [0.1, 0.15) is 38.9 Å². The van der Waals surface area contributed by atoms with E-state index in [9.17, 15) is 14.7 Å². The molecule has 8 nitrogen and oxygen atoms in total. The number of benzene rings is 2. The van der Waals surface area contributed by atoms with Crippen LogP contribution in [0.15, 0.2) is 47.6 Å². The van der Waals surface area contributed by atoms with Crippen molar-refractivity contribution >= 4 is 51.8 Å². The third-order valence-electron chi connectivity index (χ3n) is 4.55. The number of carboxylic acids is 1. The van der Waals surface area contributed by atoms with Crippen molar-refractivity contribution < 1.29 is 19.8 Å². The molecule has 31 heavy (non-hydrogen) atoms. The lowest BCUT2D eigenvalue weighted by atomic mass is 10.1. The molecule has 3 aromatic rings. The highest BCUT2D eigenvalue weighted by atomic mass is 127. The van der Waals surface area contributed by atoms with E-state index in [-0.39, 0.29) is 22.6 Å². The second kappa shape index (κ2) is 9.48. The Hall–Kier alpha value is -2.92. The van der Waals surface area contributed by atoms with Gasteiger partial charge >= 0.3 is 5.97 Å². The molecule has 0 saturated carbocycles. The summed E-state index contributed by atoms with van der Waals surface area (Å²) in [5.74, 6) is -1.66. The predicted molar refractivity (Wildman–Crippen MR) is 126 cm³/mol. The van der Waals surface area contributed by atoms with E-state index < -0.39 is 11.9 Å². The molecule has 0 saturated heterocycles. The van der Waals surface area contributed by atoms with E-state index >= 15 is 0 Å². The standard InChI is InChI=1S/C21H18ClIN4O4/c1-11(24-25-20(29)12-3-5-13(6-4-12)21(30)31)17-19(28)18(27(2)26-17)14-7-8-16(22)15(9-14)10-23/h3-9,28H,10H2,1-2H3,(H,25,29)(H,30,31)/b24-11+. The highest BCUT2D eigenvalue weighted by Crippen LogP contribution is 2.34. The van der Waals surface area contributed by atoms with Gasteiger partial charge in [-0.3, -0.25) is 9.48 Å². The number of hydrazone groups is 1. The Morgan fingerprint density at radius 2 is 1.84 bits per heavy atom. The van der Waals surface area contributed by atoms with Gasteiger partial charge in [-0.15, -0.1) is 0 Å². The average molecular weight is 553 g/mol. The molecule has 1 heterocycles. The number of nitrogens with zero attached hydrogens (tertiary/aromatic N) is 3. The molecule has 1 amide bonds. The lowest BCUT2D eigenvalue weighted by molar-refractivity contribution is 0.0696. The molecular formula is C21H18ClIN4O4. The monoisotopic (exact) mass is 552 g/mol. The fourth-order valence-corrected chi connectivity index (χ4v) is 3.96. The summed E-state index contributed by atoms with van der Waals surface area (Å²) >= 11 is 8.40. The Morgan fingerprint density at radius 1 is 1.19 bits per heavy atom. The zero-order valence-corrected chi connectivity index (χ0v) is 19.5. The fraction of sp³-hybridized carbons (Fsp3) is 0.143. The van der Waals surface area contributed by atoms with Crippen LogP contribution < -0.4 is 5.43 Å². The molecule has 10 heteroatoms. The molecule has 0 atom stereocenters. The number of aromatic nitrogens is 2. The first-order valence-corrected chi connectivity index (χ1v) is 10.9. The van der Waals surface area contributed by atoms with Crippen molar-refractivity contribution in [2.24, 2.45) is 12.1 Å². The van der Waals surface area contributed by atoms with Crippen LogP contribution >= 0.6 is 34.2 Å². The number of aryl methyl sites for hydroxylation is 1. The van der Waals surface area contributed by atoms with Crippen LogP contribution in [0.4, 0.5) is 0 Å². The summed E-state index contributed by atoms with van der Waals surface area (Å²) in [7, 11) is 1.70. The zero-order valence-electron chi connectivity index (χ0n) is 16.6.